The summed E-state index contributed by atoms with van der Waals surface area (Å²) in [7, 11) is 1.64. The third-order valence-corrected chi connectivity index (χ3v) is 3.36. The molecule has 0 amide bonds. The molecule has 0 heterocycles. The highest BCUT2D eigenvalue weighted by Gasteiger charge is 2.34. The lowest BCUT2D eigenvalue weighted by atomic mass is 9.89. The quantitative estimate of drug-likeness (QED) is 0.854. The second-order valence-corrected chi connectivity index (χ2v) is 4.72. The molecule has 0 atom stereocenters. The molecule has 1 aromatic carbocycles. The molecule has 0 unspecified atom stereocenters. The minimum absolute atomic E-state index is 0.233. The minimum Gasteiger partial charge on any atom is -0.381 e. The van der Waals surface area contributed by atoms with Gasteiger partial charge in [-0.05, 0) is 30.5 Å². The maximum Gasteiger partial charge on any atom is 0.419 e. The van der Waals surface area contributed by atoms with Crippen LogP contribution in [-0.2, 0) is 17.5 Å². The molecule has 2 rings (SSSR count). The SMILES string of the molecule is COC1CC(NCc2ccc(F)c(C(F)(F)F)c2)C1. The summed E-state index contributed by atoms with van der Waals surface area (Å²) in [6.07, 6.45) is -2.72. The van der Waals surface area contributed by atoms with Gasteiger partial charge in [-0.3, -0.25) is 0 Å². The van der Waals surface area contributed by atoms with Crippen molar-refractivity contribution in [2.75, 3.05) is 7.11 Å². The van der Waals surface area contributed by atoms with E-state index in [1.165, 1.54) is 6.07 Å². The Labute approximate surface area is 108 Å². The number of methoxy groups -OCH3 is 1. The van der Waals surface area contributed by atoms with Crippen LogP contribution in [0.5, 0.6) is 0 Å². The smallest absolute Gasteiger partial charge is 0.381 e. The molecule has 0 aliphatic heterocycles. The monoisotopic (exact) mass is 277 g/mol. The van der Waals surface area contributed by atoms with Crippen LogP contribution in [0.4, 0.5) is 17.6 Å². The van der Waals surface area contributed by atoms with Crippen molar-refractivity contribution in [3.05, 3.63) is 35.1 Å². The van der Waals surface area contributed by atoms with Crippen molar-refractivity contribution in [3.8, 4) is 0 Å². The maximum atomic E-state index is 13.1. The molecule has 0 saturated heterocycles. The average molecular weight is 277 g/mol. The zero-order chi connectivity index (χ0) is 14.0. The Hall–Kier alpha value is -1.14. The lowest BCUT2D eigenvalue weighted by Gasteiger charge is -2.34. The lowest BCUT2D eigenvalue weighted by molar-refractivity contribution is -0.140. The number of alkyl halides is 3. The third kappa shape index (κ3) is 3.45. The number of hydrogen-bond donors (Lipinski definition) is 1. The number of halogens is 4. The number of hydrogen-bond acceptors (Lipinski definition) is 2. The largest absolute Gasteiger partial charge is 0.419 e. The van der Waals surface area contributed by atoms with E-state index in [4.69, 9.17) is 4.74 Å². The van der Waals surface area contributed by atoms with Crippen LogP contribution >= 0.6 is 0 Å². The fourth-order valence-electron chi connectivity index (χ4n) is 2.09. The molecule has 1 N–H and O–H groups in total. The zero-order valence-corrected chi connectivity index (χ0v) is 10.4. The molecular formula is C13H15F4NO. The highest BCUT2D eigenvalue weighted by atomic mass is 19.4. The van der Waals surface area contributed by atoms with Gasteiger partial charge >= 0.3 is 6.18 Å². The molecule has 2 nitrogen and oxygen atoms in total. The van der Waals surface area contributed by atoms with Gasteiger partial charge < -0.3 is 10.1 Å². The van der Waals surface area contributed by atoms with E-state index in [0.29, 0.717) is 12.1 Å². The van der Waals surface area contributed by atoms with Crippen LogP contribution in [0.15, 0.2) is 18.2 Å². The van der Waals surface area contributed by atoms with E-state index < -0.39 is 17.6 Å². The van der Waals surface area contributed by atoms with Crippen molar-refractivity contribution in [3.63, 3.8) is 0 Å². The van der Waals surface area contributed by atoms with E-state index >= 15 is 0 Å². The Morgan fingerprint density at radius 1 is 1.32 bits per heavy atom. The van der Waals surface area contributed by atoms with Crippen LogP contribution in [0.1, 0.15) is 24.0 Å². The van der Waals surface area contributed by atoms with Crippen LogP contribution in [0.3, 0.4) is 0 Å². The molecule has 0 spiro atoms. The number of ether oxygens (including phenoxy) is 1. The van der Waals surface area contributed by atoms with Gasteiger partial charge in [-0.25, -0.2) is 4.39 Å². The van der Waals surface area contributed by atoms with Gasteiger partial charge in [-0.15, -0.1) is 0 Å². The molecule has 6 heteroatoms. The first-order valence-corrected chi connectivity index (χ1v) is 6.02. The predicted octanol–water partition coefficient (Wildman–Crippen LogP) is 3.11. The molecule has 19 heavy (non-hydrogen) atoms. The molecule has 1 aliphatic rings. The van der Waals surface area contributed by atoms with Crippen molar-refractivity contribution in [2.24, 2.45) is 0 Å². The van der Waals surface area contributed by atoms with Gasteiger partial charge in [0.15, 0.2) is 0 Å². The van der Waals surface area contributed by atoms with Crippen LogP contribution < -0.4 is 5.32 Å². The minimum atomic E-state index is -4.66. The van der Waals surface area contributed by atoms with E-state index in [9.17, 15) is 17.6 Å². The first kappa shape index (κ1) is 14.3. The summed E-state index contributed by atoms with van der Waals surface area (Å²) >= 11 is 0. The van der Waals surface area contributed by atoms with Gasteiger partial charge in [0.1, 0.15) is 5.82 Å². The van der Waals surface area contributed by atoms with E-state index in [-0.39, 0.29) is 12.1 Å². The molecule has 0 bridgehead atoms. The molecule has 0 aromatic heterocycles. The van der Waals surface area contributed by atoms with E-state index in [1.54, 1.807) is 7.11 Å². The molecule has 1 aliphatic carbocycles. The Kier molecular flexibility index (Phi) is 4.10. The van der Waals surface area contributed by atoms with E-state index in [1.807, 2.05) is 0 Å². The van der Waals surface area contributed by atoms with Crippen molar-refractivity contribution in [2.45, 2.75) is 37.7 Å². The Morgan fingerprint density at radius 3 is 2.58 bits per heavy atom. The van der Waals surface area contributed by atoms with Crippen LogP contribution in [0.2, 0.25) is 0 Å². The van der Waals surface area contributed by atoms with Crippen LogP contribution in [0.25, 0.3) is 0 Å². The summed E-state index contributed by atoms with van der Waals surface area (Å²) in [5.41, 5.74) is -0.787. The van der Waals surface area contributed by atoms with Crippen molar-refractivity contribution in [1.29, 1.82) is 0 Å². The van der Waals surface area contributed by atoms with E-state index in [2.05, 4.69) is 5.32 Å². The maximum absolute atomic E-state index is 13.1. The van der Waals surface area contributed by atoms with Crippen LogP contribution in [0, 0.1) is 5.82 Å². The Morgan fingerprint density at radius 2 is 2.00 bits per heavy atom. The van der Waals surface area contributed by atoms with Gasteiger partial charge in [-0.1, -0.05) is 6.07 Å². The Bertz CT molecular complexity index is 441. The summed E-state index contributed by atoms with van der Waals surface area (Å²) in [5.74, 6) is -1.24. The summed E-state index contributed by atoms with van der Waals surface area (Å²) in [6, 6.07) is 3.33. The van der Waals surface area contributed by atoms with Crippen molar-refractivity contribution >= 4 is 0 Å². The molecule has 1 fully saturated rings. The lowest BCUT2D eigenvalue weighted by Crippen LogP contribution is -2.44. The highest BCUT2D eigenvalue weighted by molar-refractivity contribution is 5.27. The molecule has 106 valence electrons. The van der Waals surface area contributed by atoms with Crippen molar-refractivity contribution in [1.82, 2.24) is 5.32 Å². The van der Waals surface area contributed by atoms with Gasteiger partial charge in [0, 0.05) is 19.7 Å². The molecule has 1 saturated carbocycles. The third-order valence-electron chi connectivity index (χ3n) is 3.36. The zero-order valence-electron chi connectivity index (χ0n) is 10.4. The summed E-state index contributed by atoms with van der Waals surface area (Å²) in [4.78, 5) is 0. The van der Waals surface area contributed by atoms with E-state index in [0.717, 1.165) is 25.0 Å². The fraction of sp³-hybridized carbons (Fsp3) is 0.538. The Balaban J connectivity index is 1.94. The first-order chi connectivity index (χ1) is 8.90. The summed E-state index contributed by atoms with van der Waals surface area (Å²) in [6.45, 7) is 0.296. The first-order valence-electron chi connectivity index (χ1n) is 6.02. The predicted molar refractivity (Wildman–Crippen MR) is 62.1 cm³/mol. The number of nitrogens with one attached hydrogen (secondary N) is 1. The summed E-state index contributed by atoms with van der Waals surface area (Å²) < 4.78 is 55.8. The second-order valence-electron chi connectivity index (χ2n) is 4.72. The van der Waals surface area contributed by atoms with Gasteiger partial charge in [-0.2, -0.15) is 13.2 Å². The number of rotatable bonds is 4. The molecular weight excluding hydrogens is 262 g/mol. The average Bonchev–Trinajstić information content (AvgIpc) is 2.28. The topological polar surface area (TPSA) is 21.3 Å². The van der Waals surface area contributed by atoms with Gasteiger partial charge in [0.2, 0.25) is 0 Å². The molecule has 0 radical (unpaired) electrons. The second kappa shape index (κ2) is 5.46. The summed E-state index contributed by atoms with van der Waals surface area (Å²) in [5, 5.41) is 3.13. The number of benzene rings is 1. The standard InChI is InChI=1S/C13H15F4NO/c1-19-10-5-9(6-10)18-7-8-2-3-12(14)11(4-8)13(15,16)17/h2-4,9-10,18H,5-7H2,1H3. The van der Waals surface area contributed by atoms with Gasteiger partial charge in [0.25, 0.3) is 0 Å². The normalized spacial score (nSPS) is 23.2. The van der Waals surface area contributed by atoms with Crippen LogP contribution in [-0.4, -0.2) is 19.3 Å². The fourth-order valence-corrected chi connectivity index (χ4v) is 2.09. The molecule has 1 aromatic rings. The van der Waals surface area contributed by atoms with Gasteiger partial charge in [0.05, 0.1) is 11.7 Å². The van der Waals surface area contributed by atoms with Crippen molar-refractivity contribution < 1.29 is 22.3 Å². The highest BCUT2D eigenvalue weighted by Crippen LogP contribution is 2.32.